The molecule has 0 aliphatic rings. The van der Waals surface area contributed by atoms with Crippen LogP contribution in [0.25, 0.3) is 89.5 Å². The highest BCUT2D eigenvalue weighted by Gasteiger charge is 2.16. The monoisotopic (exact) mass is 627 g/mol. The quantitative estimate of drug-likeness (QED) is 0.184. The van der Waals surface area contributed by atoms with Crippen LogP contribution in [-0.2, 0) is 0 Å². The summed E-state index contributed by atoms with van der Waals surface area (Å²) in [6.45, 7) is 0. The van der Waals surface area contributed by atoms with Crippen molar-refractivity contribution in [2.45, 2.75) is 0 Å². The largest absolute Gasteiger partial charge is 0.456 e. The Morgan fingerprint density at radius 2 is 0.755 bits per heavy atom. The lowest BCUT2D eigenvalue weighted by molar-refractivity contribution is 0.669. The molecule has 0 aliphatic heterocycles. The minimum Gasteiger partial charge on any atom is -0.456 e. The number of benzene rings is 7. The number of nitrogens with zero attached hydrogens (tertiary/aromatic N) is 3. The summed E-state index contributed by atoms with van der Waals surface area (Å²) in [5, 5.41) is 2.16. The van der Waals surface area contributed by atoms with Gasteiger partial charge >= 0.3 is 0 Å². The molecule has 0 spiro atoms. The Labute approximate surface area is 284 Å². The molecule has 7 aromatic carbocycles. The number of fused-ring (bicyclic) bond motifs is 3. The molecule has 2 aromatic heterocycles. The van der Waals surface area contributed by atoms with Gasteiger partial charge < -0.3 is 4.42 Å². The lowest BCUT2D eigenvalue weighted by atomic mass is 9.91. The van der Waals surface area contributed by atoms with E-state index in [0.29, 0.717) is 17.5 Å². The maximum Gasteiger partial charge on any atom is 0.164 e. The summed E-state index contributed by atoms with van der Waals surface area (Å²) in [7, 11) is 0. The van der Waals surface area contributed by atoms with Gasteiger partial charge in [-0.05, 0) is 57.6 Å². The van der Waals surface area contributed by atoms with Crippen molar-refractivity contribution in [1.82, 2.24) is 15.0 Å². The number of rotatable bonds is 6. The van der Waals surface area contributed by atoms with Crippen molar-refractivity contribution in [3.05, 3.63) is 176 Å². The zero-order valence-corrected chi connectivity index (χ0v) is 26.5. The summed E-state index contributed by atoms with van der Waals surface area (Å²) in [6.07, 6.45) is 0. The first-order valence-electron chi connectivity index (χ1n) is 16.4. The molecule has 4 nitrogen and oxygen atoms in total. The second kappa shape index (κ2) is 12.2. The van der Waals surface area contributed by atoms with Gasteiger partial charge in [0.05, 0.1) is 0 Å². The van der Waals surface area contributed by atoms with Gasteiger partial charge in [0, 0.05) is 27.5 Å². The van der Waals surface area contributed by atoms with E-state index >= 15 is 0 Å². The van der Waals surface area contributed by atoms with Crippen LogP contribution >= 0.6 is 0 Å². The van der Waals surface area contributed by atoms with Crippen LogP contribution in [0, 0.1) is 0 Å². The van der Waals surface area contributed by atoms with E-state index < -0.39 is 0 Å². The molecular weight excluding hydrogens is 599 g/mol. The molecular formula is C45H29N3O. The normalized spacial score (nSPS) is 11.3. The Balaban J connectivity index is 1.14. The standard InChI is InChI=1S/C45H29N3O/c1-4-12-30(13-5-1)35-24-26-37(40(28-35)31-14-6-2-7-15-31)32-20-22-34(23-21-32)44-46-43(33-16-8-3-9-17-33)47-45(48-44)36-25-27-39-38-18-10-11-19-41(38)49-42(39)29-36/h1-29H. The lowest BCUT2D eigenvalue weighted by Gasteiger charge is -2.14. The Morgan fingerprint density at radius 1 is 0.286 bits per heavy atom. The van der Waals surface area contributed by atoms with Crippen LogP contribution in [0.4, 0.5) is 0 Å². The van der Waals surface area contributed by atoms with E-state index in [4.69, 9.17) is 19.4 Å². The van der Waals surface area contributed by atoms with E-state index in [9.17, 15) is 0 Å². The van der Waals surface area contributed by atoms with Crippen molar-refractivity contribution in [3.63, 3.8) is 0 Å². The first-order chi connectivity index (χ1) is 24.3. The topological polar surface area (TPSA) is 51.8 Å². The molecule has 4 heteroatoms. The van der Waals surface area contributed by atoms with Gasteiger partial charge in [-0.1, -0.05) is 152 Å². The van der Waals surface area contributed by atoms with Crippen molar-refractivity contribution in [3.8, 4) is 67.5 Å². The van der Waals surface area contributed by atoms with Gasteiger partial charge in [0.15, 0.2) is 17.5 Å². The molecule has 0 saturated heterocycles. The van der Waals surface area contributed by atoms with Crippen LogP contribution in [0.3, 0.4) is 0 Å². The summed E-state index contributed by atoms with van der Waals surface area (Å²) in [6, 6.07) is 60.6. The van der Waals surface area contributed by atoms with Crippen LogP contribution in [0.15, 0.2) is 180 Å². The molecule has 49 heavy (non-hydrogen) atoms. The highest BCUT2D eigenvalue weighted by Crippen LogP contribution is 2.37. The fourth-order valence-electron chi connectivity index (χ4n) is 6.48. The van der Waals surface area contributed by atoms with Gasteiger partial charge in [-0.25, -0.2) is 15.0 Å². The number of hydrogen-bond acceptors (Lipinski definition) is 4. The van der Waals surface area contributed by atoms with Crippen LogP contribution in [0.1, 0.15) is 0 Å². The number of hydrogen-bond donors (Lipinski definition) is 0. The smallest absolute Gasteiger partial charge is 0.164 e. The zero-order chi connectivity index (χ0) is 32.6. The average Bonchev–Trinajstić information content (AvgIpc) is 3.57. The molecule has 9 rings (SSSR count). The van der Waals surface area contributed by atoms with Gasteiger partial charge in [0.25, 0.3) is 0 Å². The molecule has 0 unspecified atom stereocenters. The van der Waals surface area contributed by atoms with Crippen molar-refractivity contribution in [2.75, 3.05) is 0 Å². The number of aromatic nitrogens is 3. The summed E-state index contributed by atoms with van der Waals surface area (Å²) < 4.78 is 6.20. The van der Waals surface area contributed by atoms with Gasteiger partial charge in [-0.2, -0.15) is 0 Å². The van der Waals surface area contributed by atoms with Gasteiger partial charge in [-0.3, -0.25) is 0 Å². The van der Waals surface area contributed by atoms with Crippen molar-refractivity contribution >= 4 is 21.9 Å². The molecule has 0 amide bonds. The fourth-order valence-corrected chi connectivity index (χ4v) is 6.48. The predicted octanol–water partition coefficient (Wildman–Crippen LogP) is 11.8. The van der Waals surface area contributed by atoms with E-state index in [1.54, 1.807) is 0 Å². The van der Waals surface area contributed by atoms with Gasteiger partial charge in [0.2, 0.25) is 0 Å². The minimum absolute atomic E-state index is 0.596. The molecule has 0 N–H and O–H groups in total. The van der Waals surface area contributed by atoms with Crippen molar-refractivity contribution in [1.29, 1.82) is 0 Å². The molecule has 0 radical (unpaired) electrons. The Morgan fingerprint density at radius 3 is 1.45 bits per heavy atom. The Bertz CT molecular complexity index is 2580. The summed E-state index contributed by atoms with van der Waals surface area (Å²) in [5.41, 5.74) is 11.4. The molecule has 0 atom stereocenters. The van der Waals surface area contributed by atoms with Crippen LogP contribution in [-0.4, -0.2) is 15.0 Å². The second-order valence-corrected chi connectivity index (χ2v) is 12.1. The fraction of sp³-hybridized carbons (Fsp3) is 0. The molecule has 0 aliphatic carbocycles. The molecule has 2 heterocycles. The van der Waals surface area contributed by atoms with Crippen LogP contribution in [0.2, 0.25) is 0 Å². The Hall–Kier alpha value is -6.65. The third-order valence-corrected chi connectivity index (χ3v) is 8.97. The van der Waals surface area contributed by atoms with Crippen LogP contribution < -0.4 is 0 Å². The van der Waals surface area contributed by atoms with E-state index in [2.05, 4.69) is 121 Å². The highest BCUT2D eigenvalue weighted by atomic mass is 16.3. The maximum atomic E-state index is 6.20. The van der Waals surface area contributed by atoms with Crippen molar-refractivity contribution in [2.24, 2.45) is 0 Å². The van der Waals surface area contributed by atoms with Crippen molar-refractivity contribution < 1.29 is 4.42 Å². The van der Waals surface area contributed by atoms with E-state index in [0.717, 1.165) is 49.8 Å². The summed E-state index contributed by atoms with van der Waals surface area (Å²) in [5.74, 6) is 1.83. The average molecular weight is 628 g/mol. The molecule has 9 aromatic rings. The van der Waals surface area contributed by atoms with Gasteiger partial charge in [-0.15, -0.1) is 0 Å². The second-order valence-electron chi connectivity index (χ2n) is 12.1. The summed E-state index contributed by atoms with van der Waals surface area (Å²) in [4.78, 5) is 14.9. The number of para-hydroxylation sites is 1. The minimum atomic E-state index is 0.596. The van der Waals surface area contributed by atoms with E-state index in [1.807, 2.05) is 54.6 Å². The summed E-state index contributed by atoms with van der Waals surface area (Å²) >= 11 is 0. The maximum absolute atomic E-state index is 6.20. The molecule has 230 valence electrons. The van der Waals surface area contributed by atoms with Crippen LogP contribution in [0.5, 0.6) is 0 Å². The predicted molar refractivity (Wildman–Crippen MR) is 200 cm³/mol. The first kappa shape index (κ1) is 28.6. The SMILES string of the molecule is c1ccc(-c2ccc(-c3ccc(-c4nc(-c5ccccc5)nc(-c5ccc6c(c5)oc5ccccc56)n4)cc3)c(-c3ccccc3)c2)cc1. The molecule has 0 fully saturated rings. The Kier molecular flexibility index (Phi) is 7.10. The van der Waals surface area contributed by atoms with Gasteiger partial charge in [0.1, 0.15) is 11.2 Å². The van der Waals surface area contributed by atoms with E-state index in [-0.39, 0.29) is 0 Å². The lowest BCUT2D eigenvalue weighted by Crippen LogP contribution is -2.00. The zero-order valence-electron chi connectivity index (χ0n) is 26.5. The highest BCUT2D eigenvalue weighted by molar-refractivity contribution is 6.05. The molecule has 0 bridgehead atoms. The number of furan rings is 1. The third kappa shape index (κ3) is 5.45. The first-order valence-corrected chi connectivity index (χ1v) is 16.4. The molecule has 0 saturated carbocycles. The third-order valence-electron chi connectivity index (χ3n) is 8.97. The van der Waals surface area contributed by atoms with E-state index in [1.165, 1.54) is 22.3 Å².